The number of fused-ring (bicyclic) bond motifs is 2. The summed E-state index contributed by atoms with van der Waals surface area (Å²) in [5.74, 6) is 0.931. The van der Waals surface area contributed by atoms with Crippen LogP contribution in [0, 0.1) is 0 Å². The minimum Gasteiger partial charge on any atom is -0.472 e. The molecule has 0 aliphatic carbocycles. The molecule has 1 saturated heterocycles. The molecule has 1 amide bonds. The summed E-state index contributed by atoms with van der Waals surface area (Å²) in [5.41, 5.74) is 1.81. The number of sulfonamides is 1. The van der Waals surface area contributed by atoms with Gasteiger partial charge in [0.05, 0.1) is 28.9 Å². The Morgan fingerprint density at radius 1 is 1.10 bits per heavy atom. The topological polar surface area (TPSA) is 139 Å². The number of ether oxygens (including phenoxy) is 2. The third-order valence-corrected chi connectivity index (χ3v) is 7.98. The number of aromatic nitrogens is 3. The number of hydrogen-bond donors (Lipinski definition) is 3. The molecule has 3 N–H and O–H groups in total. The SMILES string of the molecule is O=C(NS(=O)(=O)c1cnc(OCC2=CC=C3NCCN3C2)c(Cl)c1)c1ccccc1Oc1cccc2[nH]ncc12. The van der Waals surface area contributed by atoms with Gasteiger partial charge in [0.2, 0.25) is 5.88 Å². The van der Waals surface area contributed by atoms with Crippen LogP contribution in [0.3, 0.4) is 0 Å². The van der Waals surface area contributed by atoms with Crippen LogP contribution in [0.2, 0.25) is 5.02 Å². The lowest BCUT2D eigenvalue weighted by Crippen LogP contribution is -2.31. The van der Waals surface area contributed by atoms with Gasteiger partial charge in [-0.25, -0.2) is 18.1 Å². The van der Waals surface area contributed by atoms with Crippen LogP contribution in [0.4, 0.5) is 0 Å². The van der Waals surface area contributed by atoms with E-state index >= 15 is 0 Å². The molecule has 0 saturated carbocycles. The maximum atomic E-state index is 13.1. The Kier molecular flexibility index (Phi) is 6.78. The van der Waals surface area contributed by atoms with Crippen LogP contribution in [-0.2, 0) is 10.0 Å². The minimum absolute atomic E-state index is 0.00254. The molecule has 204 valence electrons. The molecule has 2 aromatic heterocycles. The number of benzene rings is 2. The van der Waals surface area contributed by atoms with Gasteiger partial charge in [-0.15, -0.1) is 0 Å². The second-order valence-electron chi connectivity index (χ2n) is 9.09. The molecule has 4 aromatic rings. The van der Waals surface area contributed by atoms with Crippen LogP contribution in [0.25, 0.3) is 10.9 Å². The molecule has 2 aliphatic heterocycles. The van der Waals surface area contributed by atoms with Gasteiger partial charge in [-0.3, -0.25) is 9.89 Å². The number of pyridine rings is 1. The highest BCUT2D eigenvalue weighted by molar-refractivity contribution is 7.90. The fourth-order valence-corrected chi connectivity index (χ4v) is 5.64. The van der Waals surface area contributed by atoms with E-state index in [0.29, 0.717) is 11.1 Å². The fourth-order valence-electron chi connectivity index (χ4n) is 4.42. The first kappa shape index (κ1) is 25.7. The highest BCUT2D eigenvalue weighted by Crippen LogP contribution is 2.31. The van der Waals surface area contributed by atoms with Crippen molar-refractivity contribution in [1.82, 2.24) is 30.1 Å². The molecular weight excluding hydrogens is 556 g/mol. The lowest BCUT2D eigenvalue weighted by Gasteiger charge is -2.24. The lowest BCUT2D eigenvalue weighted by atomic mass is 10.2. The van der Waals surface area contributed by atoms with E-state index in [2.05, 4.69) is 30.1 Å². The second kappa shape index (κ2) is 10.5. The maximum absolute atomic E-state index is 13.1. The Balaban J connectivity index is 1.15. The number of amides is 1. The predicted molar refractivity (Wildman–Crippen MR) is 148 cm³/mol. The quantitative estimate of drug-likeness (QED) is 0.286. The molecule has 0 spiro atoms. The maximum Gasteiger partial charge on any atom is 0.268 e. The summed E-state index contributed by atoms with van der Waals surface area (Å²) in [6.07, 6.45) is 6.66. The largest absolute Gasteiger partial charge is 0.472 e. The minimum atomic E-state index is -4.31. The standard InChI is InChI=1S/C27H23ClN6O5S/c28-21-12-18(13-30-27(21)38-16-17-8-9-25-29-10-11-34(25)15-17)40(36,37)33-26(35)19-4-1-2-6-23(19)39-24-7-3-5-22-20(24)14-31-32-22/h1-9,12-14,29H,10-11,15-16H2,(H,31,32)(H,33,35). The van der Waals surface area contributed by atoms with Crippen molar-refractivity contribution in [3.05, 3.63) is 95.1 Å². The molecule has 0 bridgehead atoms. The molecular formula is C27H23ClN6O5S. The van der Waals surface area contributed by atoms with Crippen LogP contribution >= 0.6 is 11.6 Å². The third kappa shape index (κ3) is 5.18. The summed E-state index contributed by atoms with van der Waals surface area (Å²) in [6, 6.07) is 12.9. The average molecular weight is 579 g/mol. The molecule has 11 nitrogen and oxygen atoms in total. The van der Waals surface area contributed by atoms with Gasteiger partial charge in [0.15, 0.2) is 0 Å². The molecule has 2 aromatic carbocycles. The Hall–Kier alpha value is -4.55. The summed E-state index contributed by atoms with van der Waals surface area (Å²) < 4.78 is 39.9. The average Bonchev–Trinajstić information content (AvgIpc) is 3.62. The number of H-pyrrole nitrogens is 1. The first-order valence-electron chi connectivity index (χ1n) is 12.3. The van der Waals surface area contributed by atoms with Crippen molar-refractivity contribution in [3.8, 4) is 17.4 Å². The number of halogens is 1. The number of carbonyl (C=O) groups is 1. The van der Waals surface area contributed by atoms with E-state index in [-0.39, 0.29) is 33.7 Å². The van der Waals surface area contributed by atoms with E-state index in [1.165, 1.54) is 12.1 Å². The number of nitrogens with one attached hydrogen (secondary N) is 3. The van der Waals surface area contributed by atoms with Crippen molar-refractivity contribution in [2.24, 2.45) is 0 Å². The Morgan fingerprint density at radius 2 is 1.95 bits per heavy atom. The Labute approximate surface area is 234 Å². The Morgan fingerprint density at radius 3 is 2.83 bits per heavy atom. The van der Waals surface area contributed by atoms with Gasteiger partial charge in [-0.2, -0.15) is 5.10 Å². The van der Waals surface area contributed by atoms with Crippen LogP contribution < -0.4 is 19.5 Å². The first-order valence-corrected chi connectivity index (χ1v) is 14.2. The van der Waals surface area contributed by atoms with Crippen LogP contribution in [0.15, 0.2) is 89.4 Å². The van der Waals surface area contributed by atoms with Gasteiger partial charge in [0, 0.05) is 19.6 Å². The van der Waals surface area contributed by atoms with E-state index in [9.17, 15) is 13.2 Å². The van der Waals surface area contributed by atoms with Crippen molar-refractivity contribution in [2.75, 3.05) is 26.2 Å². The normalized spacial score (nSPS) is 14.7. The number of hydrogen-bond acceptors (Lipinski definition) is 9. The van der Waals surface area contributed by atoms with E-state index in [0.717, 1.165) is 42.7 Å². The molecule has 40 heavy (non-hydrogen) atoms. The van der Waals surface area contributed by atoms with Gasteiger partial charge in [0.25, 0.3) is 15.9 Å². The molecule has 0 atom stereocenters. The van der Waals surface area contributed by atoms with E-state index < -0.39 is 15.9 Å². The van der Waals surface area contributed by atoms with Gasteiger partial charge < -0.3 is 19.7 Å². The zero-order chi connectivity index (χ0) is 27.7. The fraction of sp³-hybridized carbons (Fsp3) is 0.148. The molecule has 6 rings (SSSR count). The van der Waals surface area contributed by atoms with Gasteiger partial charge in [-0.1, -0.05) is 35.9 Å². The van der Waals surface area contributed by atoms with Gasteiger partial charge >= 0.3 is 0 Å². The number of para-hydroxylation sites is 1. The van der Waals surface area contributed by atoms with Crippen molar-refractivity contribution in [1.29, 1.82) is 0 Å². The zero-order valence-corrected chi connectivity index (χ0v) is 22.5. The molecule has 13 heteroatoms. The van der Waals surface area contributed by atoms with Gasteiger partial charge in [-0.05, 0) is 42.0 Å². The predicted octanol–water partition coefficient (Wildman–Crippen LogP) is 3.59. The van der Waals surface area contributed by atoms with Gasteiger partial charge in [0.1, 0.15) is 33.8 Å². The molecule has 4 heterocycles. The number of carbonyl (C=O) groups excluding carboxylic acids is 1. The highest BCUT2D eigenvalue weighted by atomic mass is 35.5. The highest BCUT2D eigenvalue weighted by Gasteiger charge is 2.24. The number of nitrogens with zero attached hydrogens (tertiary/aromatic N) is 3. The van der Waals surface area contributed by atoms with Crippen molar-refractivity contribution in [3.63, 3.8) is 0 Å². The van der Waals surface area contributed by atoms with Crippen molar-refractivity contribution < 1.29 is 22.7 Å². The third-order valence-electron chi connectivity index (χ3n) is 6.41. The van der Waals surface area contributed by atoms with E-state index in [1.807, 2.05) is 18.2 Å². The number of aromatic amines is 1. The molecule has 1 fully saturated rings. The summed E-state index contributed by atoms with van der Waals surface area (Å²) in [7, 11) is -4.31. The molecule has 0 unspecified atom stereocenters. The van der Waals surface area contributed by atoms with Crippen LogP contribution in [0.5, 0.6) is 17.4 Å². The number of allylic oxidation sites excluding steroid dienone is 2. The smallest absolute Gasteiger partial charge is 0.268 e. The van der Waals surface area contributed by atoms with Crippen LogP contribution in [0.1, 0.15) is 10.4 Å². The first-order chi connectivity index (χ1) is 19.4. The summed E-state index contributed by atoms with van der Waals surface area (Å²) in [5, 5.41) is 10.9. The second-order valence-corrected chi connectivity index (χ2v) is 11.2. The summed E-state index contributed by atoms with van der Waals surface area (Å²) in [6.45, 7) is 2.78. The van der Waals surface area contributed by atoms with Crippen molar-refractivity contribution in [2.45, 2.75) is 4.90 Å². The van der Waals surface area contributed by atoms with Crippen molar-refractivity contribution >= 4 is 38.4 Å². The number of rotatable bonds is 8. The monoisotopic (exact) mass is 578 g/mol. The van der Waals surface area contributed by atoms with Crippen LogP contribution in [-0.4, -0.2) is 60.6 Å². The molecule has 0 radical (unpaired) electrons. The Bertz CT molecular complexity index is 1780. The molecule has 2 aliphatic rings. The summed E-state index contributed by atoms with van der Waals surface area (Å²) in [4.78, 5) is 19.1. The summed E-state index contributed by atoms with van der Waals surface area (Å²) >= 11 is 6.31. The zero-order valence-electron chi connectivity index (χ0n) is 20.9. The lowest BCUT2D eigenvalue weighted by molar-refractivity contribution is 0.0979. The van der Waals surface area contributed by atoms with E-state index in [1.54, 1.807) is 36.5 Å². The van der Waals surface area contributed by atoms with E-state index in [4.69, 9.17) is 21.1 Å².